The van der Waals surface area contributed by atoms with Gasteiger partial charge in [0.25, 0.3) is 11.6 Å². The van der Waals surface area contributed by atoms with Gasteiger partial charge < -0.3 is 9.47 Å². The highest BCUT2D eigenvalue weighted by Gasteiger charge is 2.14. The van der Waals surface area contributed by atoms with E-state index in [0.29, 0.717) is 17.1 Å². The maximum atomic E-state index is 12.1. The molecule has 3 aromatic rings. The van der Waals surface area contributed by atoms with Gasteiger partial charge >= 0.3 is 5.97 Å². The zero-order valence-corrected chi connectivity index (χ0v) is 18.2. The molecule has 1 atom stereocenters. The molecule has 1 N–H and O–H groups in total. The summed E-state index contributed by atoms with van der Waals surface area (Å²) in [6, 6.07) is 21.4. The van der Waals surface area contributed by atoms with Crippen LogP contribution < -0.4 is 14.9 Å². The van der Waals surface area contributed by atoms with E-state index in [4.69, 9.17) is 9.47 Å². The number of nitro benzene ring substituents is 1. The topological polar surface area (TPSA) is 120 Å². The normalized spacial score (nSPS) is 11.8. The summed E-state index contributed by atoms with van der Waals surface area (Å²) in [6.07, 6.45) is 3.57. The van der Waals surface area contributed by atoms with Gasteiger partial charge in [-0.05, 0) is 60.5 Å². The Hall–Kier alpha value is -4.79. The molecule has 0 bridgehead atoms. The molecular weight excluding hydrogens is 438 g/mol. The van der Waals surface area contributed by atoms with Crippen LogP contribution in [0, 0.1) is 10.1 Å². The number of non-ortho nitro benzene ring substituents is 1. The minimum absolute atomic E-state index is 0.0708. The Bertz CT molecular complexity index is 1190. The molecule has 0 aliphatic carbocycles. The van der Waals surface area contributed by atoms with E-state index in [-0.39, 0.29) is 5.69 Å². The predicted octanol–water partition coefficient (Wildman–Crippen LogP) is 4.13. The number of ether oxygens (including phenoxy) is 2. The SMILES string of the molecule is C[C@H](Oc1ccc([N+](=O)[O-])cc1)C(=O)N/N=C\c1ccc(OC(=O)/C=C/c2ccccc2)cc1. The number of carbonyl (C=O) groups excluding carboxylic acids is 2. The van der Waals surface area contributed by atoms with Gasteiger partial charge in [0.2, 0.25) is 0 Å². The first-order valence-electron chi connectivity index (χ1n) is 10.2. The van der Waals surface area contributed by atoms with Crippen LogP contribution in [0.15, 0.2) is 90.0 Å². The summed E-state index contributed by atoms with van der Waals surface area (Å²) in [5.74, 6) is -0.306. The Labute approximate surface area is 195 Å². The number of carbonyl (C=O) groups is 2. The smallest absolute Gasteiger partial charge is 0.336 e. The van der Waals surface area contributed by atoms with E-state index in [1.165, 1.54) is 43.5 Å². The van der Waals surface area contributed by atoms with Crippen molar-refractivity contribution in [1.82, 2.24) is 5.43 Å². The second-order valence-electron chi connectivity index (χ2n) is 6.98. The Balaban J connectivity index is 1.46. The zero-order chi connectivity index (χ0) is 24.3. The number of esters is 1. The first-order chi connectivity index (χ1) is 16.4. The maximum Gasteiger partial charge on any atom is 0.336 e. The molecule has 0 unspecified atom stereocenters. The fraction of sp³-hybridized carbons (Fsp3) is 0.0800. The predicted molar refractivity (Wildman–Crippen MR) is 126 cm³/mol. The van der Waals surface area contributed by atoms with Crippen LogP contribution in [0.5, 0.6) is 11.5 Å². The van der Waals surface area contributed by atoms with Crippen molar-refractivity contribution >= 4 is 29.9 Å². The molecular formula is C25H21N3O6. The molecule has 0 aliphatic rings. The number of hydrazone groups is 1. The summed E-state index contributed by atoms with van der Waals surface area (Å²) in [7, 11) is 0. The number of nitrogens with zero attached hydrogens (tertiary/aromatic N) is 2. The quantitative estimate of drug-likeness (QED) is 0.128. The molecule has 0 radical (unpaired) electrons. The average Bonchev–Trinajstić information content (AvgIpc) is 2.84. The van der Waals surface area contributed by atoms with Crippen molar-refractivity contribution in [3.63, 3.8) is 0 Å². The number of nitrogens with one attached hydrogen (secondary N) is 1. The second-order valence-corrected chi connectivity index (χ2v) is 6.98. The first-order valence-corrected chi connectivity index (χ1v) is 10.2. The lowest BCUT2D eigenvalue weighted by Crippen LogP contribution is -2.33. The van der Waals surface area contributed by atoms with Crippen LogP contribution in [0.25, 0.3) is 6.08 Å². The largest absolute Gasteiger partial charge is 0.481 e. The maximum absolute atomic E-state index is 12.1. The van der Waals surface area contributed by atoms with E-state index in [1.54, 1.807) is 30.3 Å². The fourth-order valence-electron chi connectivity index (χ4n) is 2.67. The number of rotatable bonds is 9. The van der Waals surface area contributed by atoms with Crippen molar-refractivity contribution in [3.8, 4) is 11.5 Å². The number of hydrogen-bond donors (Lipinski definition) is 1. The summed E-state index contributed by atoms with van der Waals surface area (Å²) in [5.41, 5.74) is 3.85. The molecule has 1 amide bonds. The van der Waals surface area contributed by atoms with E-state index in [1.807, 2.05) is 30.3 Å². The van der Waals surface area contributed by atoms with Crippen molar-refractivity contribution in [2.24, 2.45) is 5.10 Å². The number of amides is 1. The number of nitro groups is 1. The first kappa shape index (κ1) is 23.9. The Morgan fingerprint density at radius 3 is 2.24 bits per heavy atom. The summed E-state index contributed by atoms with van der Waals surface area (Å²) in [5, 5.41) is 14.6. The fourth-order valence-corrected chi connectivity index (χ4v) is 2.67. The molecule has 0 aromatic heterocycles. The molecule has 0 spiro atoms. The third-order valence-electron chi connectivity index (χ3n) is 4.43. The van der Waals surface area contributed by atoms with E-state index in [9.17, 15) is 19.7 Å². The van der Waals surface area contributed by atoms with Gasteiger partial charge in [-0.25, -0.2) is 10.2 Å². The summed E-state index contributed by atoms with van der Waals surface area (Å²) in [4.78, 5) is 34.2. The summed E-state index contributed by atoms with van der Waals surface area (Å²) >= 11 is 0. The van der Waals surface area contributed by atoms with Crippen molar-refractivity contribution in [2.45, 2.75) is 13.0 Å². The Morgan fingerprint density at radius 1 is 0.941 bits per heavy atom. The molecule has 9 nitrogen and oxygen atoms in total. The zero-order valence-electron chi connectivity index (χ0n) is 18.2. The van der Waals surface area contributed by atoms with Crippen molar-refractivity contribution in [3.05, 3.63) is 106 Å². The van der Waals surface area contributed by atoms with Crippen LogP contribution in [0.2, 0.25) is 0 Å². The van der Waals surface area contributed by atoms with Crippen LogP contribution >= 0.6 is 0 Å². The highest BCUT2D eigenvalue weighted by molar-refractivity contribution is 5.89. The Morgan fingerprint density at radius 2 is 1.59 bits per heavy atom. The minimum Gasteiger partial charge on any atom is -0.481 e. The van der Waals surface area contributed by atoms with Gasteiger partial charge in [0.1, 0.15) is 11.5 Å². The van der Waals surface area contributed by atoms with Gasteiger partial charge in [-0.1, -0.05) is 30.3 Å². The summed E-state index contributed by atoms with van der Waals surface area (Å²) in [6.45, 7) is 1.53. The summed E-state index contributed by atoms with van der Waals surface area (Å²) < 4.78 is 10.7. The molecule has 172 valence electrons. The number of hydrogen-bond acceptors (Lipinski definition) is 7. The van der Waals surface area contributed by atoms with E-state index < -0.39 is 22.9 Å². The van der Waals surface area contributed by atoms with Crippen molar-refractivity contribution in [2.75, 3.05) is 0 Å². The lowest BCUT2D eigenvalue weighted by Gasteiger charge is -2.12. The minimum atomic E-state index is -0.871. The lowest BCUT2D eigenvalue weighted by atomic mass is 10.2. The van der Waals surface area contributed by atoms with Crippen LogP contribution in [0.1, 0.15) is 18.1 Å². The van der Waals surface area contributed by atoms with E-state index in [2.05, 4.69) is 10.5 Å². The molecule has 34 heavy (non-hydrogen) atoms. The molecule has 0 aliphatic heterocycles. The molecule has 0 saturated carbocycles. The highest BCUT2D eigenvalue weighted by atomic mass is 16.6. The molecule has 3 rings (SSSR count). The van der Waals surface area contributed by atoms with Gasteiger partial charge in [0, 0.05) is 18.2 Å². The van der Waals surface area contributed by atoms with Crippen LogP contribution in [-0.4, -0.2) is 29.1 Å². The van der Waals surface area contributed by atoms with Crippen LogP contribution in [0.4, 0.5) is 5.69 Å². The van der Waals surface area contributed by atoms with E-state index >= 15 is 0 Å². The molecule has 3 aromatic carbocycles. The second kappa shape index (κ2) is 11.7. The highest BCUT2D eigenvalue weighted by Crippen LogP contribution is 2.18. The van der Waals surface area contributed by atoms with Gasteiger partial charge in [-0.3, -0.25) is 14.9 Å². The van der Waals surface area contributed by atoms with Crippen LogP contribution in [-0.2, 0) is 9.59 Å². The third-order valence-corrected chi connectivity index (χ3v) is 4.43. The van der Waals surface area contributed by atoms with Crippen molar-refractivity contribution in [1.29, 1.82) is 0 Å². The molecule has 0 saturated heterocycles. The molecule has 9 heteroatoms. The average molecular weight is 459 g/mol. The number of benzene rings is 3. The van der Waals surface area contributed by atoms with Gasteiger partial charge in [-0.15, -0.1) is 0 Å². The van der Waals surface area contributed by atoms with Crippen LogP contribution in [0.3, 0.4) is 0 Å². The third kappa shape index (κ3) is 7.41. The van der Waals surface area contributed by atoms with E-state index in [0.717, 1.165) is 5.56 Å². The Kier molecular flexibility index (Phi) is 8.23. The van der Waals surface area contributed by atoms with Gasteiger partial charge in [-0.2, -0.15) is 5.10 Å². The molecule has 0 fully saturated rings. The van der Waals surface area contributed by atoms with Gasteiger partial charge in [0.15, 0.2) is 6.10 Å². The monoisotopic (exact) mass is 459 g/mol. The molecule has 0 heterocycles. The standard InChI is InChI=1S/C25H21N3O6/c1-18(33-22-14-10-21(11-15-22)28(31)32)25(30)27-26-17-20-7-12-23(13-8-20)34-24(29)16-9-19-5-3-2-4-6-19/h2-18H,1H3,(H,27,30)/b16-9+,26-17-/t18-/m0/s1. The van der Waals surface area contributed by atoms with Gasteiger partial charge in [0.05, 0.1) is 11.1 Å². The van der Waals surface area contributed by atoms with Crippen molar-refractivity contribution < 1.29 is 24.0 Å². The lowest BCUT2D eigenvalue weighted by molar-refractivity contribution is -0.384.